The molecule has 6 nitrogen and oxygen atoms in total. The molecule has 0 unspecified atom stereocenters. The number of furan rings is 1. The maximum absolute atomic E-state index is 13.3. The summed E-state index contributed by atoms with van der Waals surface area (Å²) in [6.07, 6.45) is 4.25. The largest absolute Gasteiger partial charge is 0.469 e. The molecule has 0 fully saturated rings. The molecule has 174 valence electrons. The molecule has 0 saturated carbocycles. The molecule has 2 heterocycles. The maximum Gasteiger partial charge on any atom is 0.233 e. The first-order valence-corrected chi connectivity index (χ1v) is 12.2. The summed E-state index contributed by atoms with van der Waals surface area (Å²) in [6, 6.07) is 22.2. The lowest BCUT2D eigenvalue weighted by molar-refractivity contribution is -0.128. The fourth-order valence-electron chi connectivity index (χ4n) is 3.73. The van der Waals surface area contributed by atoms with Gasteiger partial charge in [-0.15, -0.1) is 16.8 Å². The summed E-state index contributed by atoms with van der Waals surface area (Å²) in [7, 11) is 0. The second kappa shape index (κ2) is 11.5. The van der Waals surface area contributed by atoms with Crippen molar-refractivity contribution >= 4 is 17.7 Å². The highest BCUT2D eigenvalue weighted by Gasteiger charge is 2.20. The Bertz CT molecular complexity index is 1220. The summed E-state index contributed by atoms with van der Waals surface area (Å²) in [4.78, 5) is 15.2. The Morgan fingerprint density at radius 2 is 1.76 bits per heavy atom. The number of hydrogen-bond donors (Lipinski definition) is 0. The van der Waals surface area contributed by atoms with E-state index in [9.17, 15) is 4.79 Å². The van der Waals surface area contributed by atoms with Crippen LogP contribution >= 0.6 is 11.8 Å². The van der Waals surface area contributed by atoms with Crippen LogP contribution in [0.2, 0.25) is 0 Å². The number of carbonyl (C=O) groups excluding carboxylic acids is 1. The van der Waals surface area contributed by atoms with Gasteiger partial charge in [-0.2, -0.15) is 0 Å². The first-order valence-electron chi connectivity index (χ1n) is 11.2. The van der Waals surface area contributed by atoms with Crippen LogP contribution in [0.25, 0.3) is 11.4 Å². The first kappa shape index (κ1) is 23.6. The van der Waals surface area contributed by atoms with Gasteiger partial charge in [-0.3, -0.25) is 9.36 Å². The van der Waals surface area contributed by atoms with Gasteiger partial charge in [0.1, 0.15) is 5.76 Å². The molecule has 34 heavy (non-hydrogen) atoms. The zero-order chi connectivity index (χ0) is 23.8. The van der Waals surface area contributed by atoms with Crippen LogP contribution in [0.1, 0.15) is 16.9 Å². The van der Waals surface area contributed by atoms with E-state index in [1.54, 1.807) is 12.3 Å². The van der Waals surface area contributed by atoms with Gasteiger partial charge in [0, 0.05) is 19.6 Å². The summed E-state index contributed by atoms with van der Waals surface area (Å²) in [5.41, 5.74) is 3.22. The second-order valence-electron chi connectivity index (χ2n) is 7.92. The average Bonchev–Trinajstić information content (AvgIpc) is 3.47. The number of nitrogens with zero attached hydrogens (tertiary/aromatic N) is 4. The van der Waals surface area contributed by atoms with E-state index in [1.165, 1.54) is 17.3 Å². The molecule has 0 N–H and O–H groups in total. The molecule has 0 radical (unpaired) electrons. The second-order valence-corrected chi connectivity index (χ2v) is 8.86. The molecule has 0 bridgehead atoms. The van der Waals surface area contributed by atoms with Gasteiger partial charge in [0.2, 0.25) is 5.91 Å². The molecule has 4 aromatic rings. The molecule has 4 rings (SSSR count). The average molecular weight is 473 g/mol. The fourth-order valence-corrected chi connectivity index (χ4v) is 4.58. The third-order valence-corrected chi connectivity index (χ3v) is 6.49. The predicted octanol–water partition coefficient (Wildman–Crippen LogP) is 5.40. The van der Waals surface area contributed by atoms with Crippen LogP contribution in [0, 0.1) is 6.92 Å². The molecule has 0 spiro atoms. The Morgan fingerprint density at radius 3 is 2.41 bits per heavy atom. The zero-order valence-electron chi connectivity index (χ0n) is 19.3. The number of amides is 1. The summed E-state index contributed by atoms with van der Waals surface area (Å²) < 4.78 is 7.40. The van der Waals surface area contributed by atoms with Gasteiger partial charge in [-0.25, -0.2) is 0 Å². The highest BCUT2D eigenvalue weighted by Crippen LogP contribution is 2.27. The minimum atomic E-state index is 0.0685. The summed E-state index contributed by atoms with van der Waals surface area (Å²) in [5, 5.41) is 9.41. The van der Waals surface area contributed by atoms with E-state index >= 15 is 0 Å². The number of allylic oxidation sites excluding steroid dienone is 1. The number of aromatic nitrogens is 3. The van der Waals surface area contributed by atoms with Crippen LogP contribution in [0.15, 0.2) is 95.2 Å². The van der Waals surface area contributed by atoms with Crippen molar-refractivity contribution in [3.8, 4) is 11.4 Å². The van der Waals surface area contributed by atoms with Crippen LogP contribution in [-0.4, -0.2) is 37.9 Å². The smallest absolute Gasteiger partial charge is 0.233 e. The molecule has 0 aliphatic heterocycles. The molecule has 0 atom stereocenters. The Labute approximate surface area is 204 Å². The topological polar surface area (TPSA) is 64.2 Å². The highest BCUT2D eigenvalue weighted by atomic mass is 32.2. The number of rotatable bonds is 11. The van der Waals surface area contributed by atoms with E-state index in [0.717, 1.165) is 23.3 Å². The molecular formula is C27H28N4O2S. The van der Waals surface area contributed by atoms with E-state index in [-0.39, 0.29) is 11.7 Å². The van der Waals surface area contributed by atoms with Crippen molar-refractivity contribution in [1.82, 2.24) is 19.7 Å². The van der Waals surface area contributed by atoms with Gasteiger partial charge in [0.05, 0.1) is 17.6 Å². The van der Waals surface area contributed by atoms with Gasteiger partial charge in [-0.1, -0.05) is 78.5 Å². The van der Waals surface area contributed by atoms with Crippen LogP contribution in [-0.2, 0) is 24.3 Å². The van der Waals surface area contributed by atoms with Gasteiger partial charge in [-0.05, 0) is 30.5 Å². The van der Waals surface area contributed by atoms with Crippen molar-refractivity contribution in [2.45, 2.75) is 31.6 Å². The summed E-state index contributed by atoms with van der Waals surface area (Å²) in [5.74, 6) is 1.84. The summed E-state index contributed by atoms with van der Waals surface area (Å²) >= 11 is 1.40. The lowest BCUT2D eigenvalue weighted by atomic mass is 10.1. The molecular weight excluding hydrogens is 444 g/mol. The minimum absolute atomic E-state index is 0.0685. The molecule has 7 heteroatoms. The highest BCUT2D eigenvalue weighted by molar-refractivity contribution is 7.99. The quantitative estimate of drug-likeness (QED) is 0.216. The van der Waals surface area contributed by atoms with Gasteiger partial charge in [0.15, 0.2) is 11.0 Å². The molecule has 0 aliphatic rings. The zero-order valence-corrected chi connectivity index (χ0v) is 20.1. The van der Waals surface area contributed by atoms with Crippen LogP contribution in [0.5, 0.6) is 0 Å². The molecule has 1 amide bonds. The van der Waals surface area contributed by atoms with Crippen LogP contribution < -0.4 is 0 Å². The number of thioether (sulfide) groups is 1. The van der Waals surface area contributed by atoms with Gasteiger partial charge >= 0.3 is 0 Å². The predicted molar refractivity (Wildman–Crippen MR) is 135 cm³/mol. The van der Waals surface area contributed by atoms with Crippen molar-refractivity contribution in [2.24, 2.45) is 0 Å². The van der Waals surface area contributed by atoms with Crippen LogP contribution in [0.3, 0.4) is 0 Å². The monoisotopic (exact) mass is 472 g/mol. The Balaban J connectivity index is 1.48. The van der Waals surface area contributed by atoms with Crippen LogP contribution in [0.4, 0.5) is 0 Å². The van der Waals surface area contributed by atoms with E-state index < -0.39 is 0 Å². The standard InChI is InChI=1S/C27H28N4O2S/c1-3-16-31-26(24-15-18-33-21(24)2)28-29-27(31)34-20-25(32)30(19-23-12-8-5-9-13-23)17-14-22-10-6-4-7-11-22/h3-13,15,18H,1,14,16-17,19-20H2,2H3. The van der Waals surface area contributed by atoms with Gasteiger partial charge < -0.3 is 9.32 Å². The van der Waals surface area contributed by atoms with Crippen molar-refractivity contribution in [1.29, 1.82) is 0 Å². The molecule has 0 aliphatic carbocycles. The van der Waals surface area contributed by atoms with Crippen molar-refractivity contribution in [3.63, 3.8) is 0 Å². The number of benzene rings is 2. The number of carbonyl (C=O) groups is 1. The Kier molecular flexibility index (Phi) is 7.99. The lowest BCUT2D eigenvalue weighted by Gasteiger charge is -2.23. The fraction of sp³-hybridized carbons (Fsp3) is 0.222. The molecule has 2 aromatic carbocycles. The maximum atomic E-state index is 13.3. The minimum Gasteiger partial charge on any atom is -0.469 e. The molecule has 0 saturated heterocycles. The summed E-state index contributed by atoms with van der Waals surface area (Å²) in [6.45, 7) is 7.53. The Morgan fingerprint density at radius 1 is 1.06 bits per heavy atom. The third kappa shape index (κ3) is 5.85. The Hall–Kier alpha value is -3.58. The van der Waals surface area contributed by atoms with Gasteiger partial charge in [0.25, 0.3) is 0 Å². The van der Waals surface area contributed by atoms with Crippen molar-refractivity contribution in [3.05, 3.63) is 103 Å². The van der Waals surface area contributed by atoms with E-state index in [1.807, 2.05) is 58.9 Å². The SMILES string of the molecule is C=CCn1c(SCC(=O)N(CCc2ccccc2)Cc2ccccc2)nnc1-c1ccoc1C. The normalized spacial score (nSPS) is 10.9. The third-order valence-electron chi connectivity index (χ3n) is 5.54. The molecule has 2 aromatic heterocycles. The first-order chi connectivity index (χ1) is 16.7. The van der Waals surface area contributed by atoms with E-state index in [4.69, 9.17) is 4.42 Å². The number of hydrogen-bond acceptors (Lipinski definition) is 5. The van der Waals surface area contributed by atoms with Crippen molar-refractivity contribution < 1.29 is 9.21 Å². The van der Waals surface area contributed by atoms with E-state index in [2.05, 4.69) is 41.0 Å². The number of aryl methyl sites for hydroxylation is 1. The van der Waals surface area contributed by atoms with E-state index in [0.29, 0.717) is 30.6 Å². The van der Waals surface area contributed by atoms with Crippen molar-refractivity contribution in [2.75, 3.05) is 12.3 Å². The lowest BCUT2D eigenvalue weighted by Crippen LogP contribution is -2.34.